The maximum atomic E-state index is 11.8. The molecule has 0 amide bonds. The van der Waals surface area contributed by atoms with Gasteiger partial charge in [0.05, 0.1) is 6.54 Å². The average molecular weight is 272 g/mol. The first-order valence-corrected chi connectivity index (χ1v) is 6.80. The van der Waals surface area contributed by atoms with Gasteiger partial charge in [-0.3, -0.25) is 4.99 Å². The molecule has 2 aromatic carbocycles. The number of rotatable bonds is 1. The van der Waals surface area contributed by atoms with Crippen LogP contribution in [0.15, 0.2) is 47.5 Å². The molecule has 0 atom stereocenters. The SMILES string of the molecule is O=C(Oc1cccc2ccccc12)SC1=NCCN1. The summed E-state index contributed by atoms with van der Waals surface area (Å²) in [5, 5.41) is 5.26. The van der Waals surface area contributed by atoms with Crippen LogP contribution in [0.3, 0.4) is 0 Å². The van der Waals surface area contributed by atoms with Crippen molar-refractivity contribution in [1.82, 2.24) is 5.32 Å². The first-order valence-electron chi connectivity index (χ1n) is 5.99. The molecule has 0 saturated carbocycles. The van der Waals surface area contributed by atoms with E-state index in [1.807, 2.05) is 36.4 Å². The average Bonchev–Trinajstić information content (AvgIpc) is 2.92. The monoisotopic (exact) mass is 272 g/mol. The fourth-order valence-electron chi connectivity index (χ4n) is 1.92. The number of aliphatic imine (C=N–C) groups is 1. The maximum Gasteiger partial charge on any atom is 0.380 e. The van der Waals surface area contributed by atoms with Crippen LogP contribution in [0.1, 0.15) is 0 Å². The lowest BCUT2D eigenvalue weighted by atomic mass is 10.1. The molecule has 0 unspecified atom stereocenters. The molecule has 3 rings (SSSR count). The lowest BCUT2D eigenvalue weighted by Gasteiger charge is -2.07. The van der Waals surface area contributed by atoms with Crippen molar-refractivity contribution in [2.45, 2.75) is 0 Å². The molecular formula is C14H12N2O2S. The Labute approximate surface area is 114 Å². The van der Waals surface area contributed by atoms with Crippen LogP contribution >= 0.6 is 11.8 Å². The van der Waals surface area contributed by atoms with Crippen LogP contribution in [-0.4, -0.2) is 23.6 Å². The van der Waals surface area contributed by atoms with Crippen LogP contribution in [0.4, 0.5) is 4.79 Å². The standard InChI is InChI=1S/C14H12N2O2S/c17-14(19-13-15-8-9-16-13)18-12-7-3-5-10-4-1-2-6-11(10)12/h1-7H,8-9H2,(H,15,16). The number of thioether (sulfide) groups is 1. The molecule has 0 spiro atoms. The van der Waals surface area contributed by atoms with Crippen molar-refractivity contribution in [2.24, 2.45) is 4.99 Å². The second-order valence-corrected chi connectivity index (χ2v) is 4.97. The van der Waals surface area contributed by atoms with Gasteiger partial charge in [-0.15, -0.1) is 0 Å². The molecule has 0 aliphatic carbocycles. The molecule has 2 aromatic rings. The summed E-state index contributed by atoms with van der Waals surface area (Å²) in [7, 11) is 0. The highest BCUT2D eigenvalue weighted by Crippen LogP contribution is 2.26. The molecule has 1 N–H and O–H groups in total. The van der Waals surface area contributed by atoms with Crippen molar-refractivity contribution < 1.29 is 9.53 Å². The highest BCUT2D eigenvalue weighted by Gasteiger charge is 2.14. The van der Waals surface area contributed by atoms with E-state index in [2.05, 4.69) is 10.3 Å². The number of benzene rings is 2. The summed E-state index contributed by atoms with van der Waals surface area (Å²) in [4.78, 5) is 16.0. The van der Waals surface area contributed by atoms with Gasteiger partial charge in [-0.25, -0.2) is 4.79 Å². The van der Waals surface area contributed by atoms with Crippen LogP contribution in [-0.2, 0) is 0 Å². The second-order valence-electron chi connectivity index (χ2n) is 4.05. The van der Waals surface area contributed by atoms with Crippen LogP contribution < -0.4 is 10.1 Å². The predicted octanol–water partition coefficient (Wildman–Crippen LogP) is 3.03. The molecule has 5 heteroatoms. The number of fused-ring (bicyclic) bond motifs is 1. The van der Waals surface area contributed by atoms with Gasteiger partial charge in [0.2, 0.25) is 0 Å². The number of nitrogens with zero attached hydrogens (tertiary/aromatic N) is 1. The first-order chi connectivity index (χ1) is 9.33. The van der Waals surface area contributed by atoms with Crippen molar-refractivity contribution in [1.29, 1.82) is 0 Å². The Morgan fingerprint density at radius 1 is 1.21 bits per heavy atom. The summed E-state index contributed by atoms with van der Waals surface area (Å²) in [5.41, 5.74) is 0. The van der Waals surface area contributed by atoms with Crippen LogP contribution in [0.25, 0.3) is 10.8 Å². The van der Waals surface area contributed by atoms with Gasteiger partial charge in [0.15, 0.2) is 5.17 Å². The molecule has 1 aliphatic rings. The fraction of sp³-hybridized carbons (Fsp3) is 0.143. The van der Waals surface area contributed by atoms with E-state index in [0.29, 0.717) is 17.5 Å². The molecule has 19 heavy (non-hydrogen) atoms. The Morgan fingerprint density at radius 3 is 2.89 bits per heavy atom. The summed E-state index contributed by atoms with van der Waals surface area (Å²) in [5.74, 6) is 0.578. The molecule has 1 aliphatic heterocycles. The first kappa shape index (κ1) is 12.0. The van der Waals surface area contributed by atoms with Crippen molar-refractivity contribution in [3.8, 4) is 5.75 Å². The van der Waals surface area contributed by atoms with Crippen LogP contribution in [0, 0.1) is 0 Å². The highest BCUT2D eigenvalue weighted by molar-refractivity contribution is 8.26. The lowest BCUT2D eigenvalue weighted by Crippen LogP contribution is -2.18. The van der Waals surface area contributed by atoms with Gasteiger partial charge in [-0.05, 0) is 11.5 Å². The minimum atomic E-state index is -0.371. The van der Waals surface area contributed by atoms with Gasteiger partial charge < -0.3 is 10.1 Å². The van der Waals surface area contributed by atoms with E-state index in [1.54, 1.807) is 6.07 Å². The van der Waals surface area contributed by atoms with Gasteiger partial charge in [0.25, 0.3) is 0 Å². The van der Waals surface area contributed by atoms with Crippen LogP contribution in [0.2, 0.25) is 0 Å². The molecule has 1 heterocycles. The Kier molecular flexibility index (Phi) is 3.37. The van der Waals surface area contributed by atoms with E-state index in [-0.39, 0.29) is 5.30 Å². The molecule has 0 aromatic heterocycles. The van der Waals surface area contributed by atoms with Crippen LogP contribution in [0.5, 0.6) is 5.75 Å². The zero-order valence-corrected chi connectivity index (χ0v) is 10.9. The van der Waals surface area contributed by atoms with Gasteiger partial charge in [-0.1, -0.05) is 36.4 Å². The molecule has 0 bridgehead atoms. The number of hydrogen-bond donors (Lipinski definition) is 1. The topological polar surface area (TPSA) is 50.7 Å². The molecule has 4 nitrogen and oxygen atoms in total. The van der Waals surface area contributed by atoms with Gasteiger partial charge >= 0.3 is 5.30 Å². The third-order valence-corrected chi connectivity index (χ3v) is 3.48. The van der Waals surface area contributed by atoms with E-state index >= 15 is 0 Å². The normalized spacial score (nSPS) is 14.0. The van der Waals surface area contributed by atoms with Crippen molar-refractivity contribution in [3.05, 3.63) is 42.5 Å². The van der Waals surface area contributed by atoms with E-state index in [9.17, 15) is 4.79 Å². The second kappa shape index (κ2) is 5.32. The zero-order chi connectivity index (χ0) is 13.1. The summed E-state index contributed by atoms with van der Waals surface area (Å²) in [6.45, 7) is 1.49. The Balaban J connectivity index is 1.79. The third-order valence-electron chi connectivity index (χ3n) is 2.77. The van der Waals surface area contributed by atoms with E-state index < -0.39 is 0 Å². The van der Waals surface area contributed by atoms with Gasteiger partial charge in [0, 0.05) is 23.7 Å². The molecular weight excluding hydrogens is 260 g/mol. The Bertz CT molecular complexity index is 649. The number of carbonyl (C=O) groups excluding carboxylic acids is 1. The number of amidine groups is 1. The van der Waals surface area contributed by atoms with Crippen molar-refractivity contribution >= 4 is 33.0 Å². The number of hydrogen-bond acceptors (Lipinski definition) is 5. The zero-order valence-electron chi connectivity index (χ0n) is 10.1. The van der Waals surface area contributed by atoms with E-state index in [4.69, 9.17) is 4.74 Å². The predicted molar refractivity (Wildman–Crippen MR) is 77.9 cm³/mol. The third kappa shape index (κ3) is 2.71. The lowest BCUT2D eigenvalue weighted by molar-refractivity contribution is 0.228. The van der Waals surface area contributed by atoms with E-state index in [1.165, 1.54) is 0 Å². The number of nitrogens with one attached hydrogen (secondary N) is 1. The molecule has 0 saturated heterocycles. The molecule has 0 fully saturated rings. The molecule has 96 valence electrons. The van der Waals surface area contributed by atoms with Gasteiger partial charge in [-0.2, -0.15) is 0 Å². The summed E-state index contributed by atoms with van der Waals surface area (Å²) < 4.78 is 5.39. The van der Waals surface area contributed by atoms with Crippen molar-refractivity contribution in [2.75, 3.05) is 13.1 Å². The minimum Gasteiger partial charge on any atom is -0.417 e. The smallest absolute Gasteiger partial charge is 0.380 e. The number of carbonyl (C=O) groups is 1. The Morgan fingerprint density at radius 2 is 2.05 bits per heavy atom. The Hall–Kier alpha value is -2.01. The molecule has 0 radical (unpaired) electrons. The quantitative estimate of drug-likeness (QED) is 0.811. The van der Waals surface area contributed by atoms with Gasteiger partial charge in [0.1, 0.15) is 5.75 Å². The maximum absolute atomic E-state index is 11.8. The summed E-state index contributed by atoms with van der Waals surface area (Å²) in [6.07, 6.45) is 0. The fourth-order valence-corrected chi connectivity index (χ4v) is 2.54. The van der Waals surface area contributed by atoms with E-state index in [0.717, 1.165) is 29.1 Å². The number of ether oxygens (including phenoxy) is 1. The summed E-state index contributed by atoms with van der Waals surface area (Å²) >= 11 is 0.988. The minimum absolute atomic E-state index is 0.371. The summed E-state index contributed by atoms with van der Waals surface area (Å²) in [6, 6.07) is 13.5. The van der Waals surface area contributed by atoms with Crippen molar-refractivity contribution in [3.63, 3.8) is 0 Å². The largest absolute Gasteiger partial charge is 0.417 e. The highest BCUT2D eigenvalue weighted by atomic mass is 32.2.